The molecule has 0 N–H and O–H groups in total. The third-order valence-corrected chi connectivity index (χ3v) is 8.12. The number of ether oxygens (including phenoxy) is 2. The molecule has 1 aliphatic rings. The number of benzene rings is 2. The molecule has 1 heterocycles. The van der Waals surface area contributed by atoms with Crippen LogP contribution in [0.1, 0.15) is 52.4 Å². The van der Waals surface area contributed by atoms with E-state index in [4.69, 9.17) is 22.4 Å². The highest BCUT2D eigenvalue weighted by Gasteiger charge is 2.37. The Labute approximate surface area is 196 Å². The lowest BCUT2D eigenvalue weighted by atomic mass is 10.1. The van der Waals surface area contributed by atoms with Crippen molar-refractivity contribution in [2.24, 2.45) is 0 Å². The van der Waals surface area contributed by atoms with Gasteiger partial charge in [0, 0.05) is 16.3 Å². The first-order valence-electron chi connectivity index (χ1n) is 11.1. The quantitative estimate of drug-likeness (QED) is 0.179. The molecule has 0 radical (unpaired) electrons. The molecule has 3 rings (SSSR count). The average molecular weight is 509 g/mol. The van der Waals surface area contributed by atoms with Crippen molar-refractivity contribution in [1.82, 2.24) is 0 Å². The molecule has 0 amide bonds. The summed E-state index contributed by atoms with van der Waals surface area (Å²) in [5.41, 5.74) is -5.65. The second kappa shape index (κ2) is 12.7. The lowest BCUT2D eigenvalue weighted by Crippen LogP contribution is -2.21. The standard InChI is InChI=1S/C22H31O2S.CHF3O3S/c1-3-5-13-23-19-11-9-18-10-12-21(25-15-7-8-16-25)22(20(18)17-19)24-14-6-4-2;2-1(3,4)8(5,6)7/h9-12,17H,3-8,13-16H2,1-2H3;(H,5,6,7)/q+1;/p-1. The van der Waals surface area contributed by atoms with Crippen molar-refractivity contribution in [2.45, 2.75) is 62.8 Å². The van der Waals surface area contributed by atoms with Crippen LogP contribution < -0.4 is 9.47 Å². The second-order valence-corrected chi connectivity index (χ2v) is 11.3. The monoisotopic (exact) mass is 508 g/mol. The molecule has 1 fully saturated rings. The van der Waals surface area contributed by atoms with Crippen LogP contribution in [-0.4, -0.2) is 43.2 Å². The van der Waals surface area contributed by atoms with Gasteiger partial charge in [-0.25, -0.2) is 8.42 Å². The highest BCUT2D eigenvalue weighted by molar-refractivity contribution is 7.97. The van der Waals surface area contributed by atoms with Crippen molar-refractivity contribution in [3.63, 3.8) is 0 Å². The lowest BCUT2D eigenvalue weighted by Gasteiger charge is -2.14. The van der Waals surface area contributed by atoms with E-state index in [-0.39, 0.29) is 0 Å². The Kier molecular flexibility index (Phi) is 10.6. The van der Waals surface area contributed by atoms with Crippen molar-refractivity contribution in [1.29, 1.82) is 0 Å². The van der Waals surface area contributed by atoms with Gasteiger partial charge in [0.25, 0.3) is 0 Å². The van der Waals surface area contributed by atoms with Gasteiger partial charge >= 0.3 is 5.51 Å². The van der Waals surface area contributed by atoms with Crippen molar-refractivity contribution in [2.75, 3.05) is 24.7 Å². The molecule has 0 aliphatic carbocycles. The molecule has 0 spiro atoms. The minimum absolute atomic E-state index is 0.357. The Morgan fingerprint density at radius 1 is 0.970 bits per heavy atom. The zero-order valence-electron chi connectivity index (χ0n) is 18.9. The molecule has 10 heteroatoms. The minimum Gasteiger partial charge on any atom is -0.741 e. The van der Waals surface area contributed by atoms with Crippen LogP contribution in [0.25, 0.3) is 10.8 Å². The van der Waals surface area contributed by atoms with Crippen LogP contribution >= 0.6 is 0 Å². The van der Waals surface area contributed by atoms with Crippen molar-refractivity contribution < 1.29 is 35.6 Å². The van der Waals surface area contributed by atoms with E-state index in [0.717, 1.165) is 50.4 Å². The first-order valence-corrected chi connectivity index (χ1v) is 14.1. The summed E-state index contributed by atoms with van der Waals surface area (Å²) in [4.78, 5) is 1.44. The zero-order chi connectivity index (χ0) is 24.5. The zero-order valence-corrected chi connectivity index (χ0v) is 20.6. The molecule has 1 saturated heterocycles. The van der Waals surface area contributed by atoms with Crippen LogP contribution in [0.3, 0.4) is 0 Å². The molecule has 1 aliphatic heterocycles. The van der Waals surface area contributed by atoms with E-state index in [2.05, 4.69) is 44.2 Å². The summed E-state index contributed by atoms with van der Waals surface area (Å²) in [6.45, 7) is 6.00. The molecule has 0 atom stereocenters. The van der Waals surface area contributed by atoms with Gasteiger partial charge in [-0.1, -0.05) is 32.8 Å². The summed E-state index contributed by atoms with van der Waals surface area (Å²) >= 11 is 0. The van der Waals surface area contributed by atoms with Gasteiger partial charge in [-0.3, -0.25) is 0 Å². The maximum absolute atomic E-state index is 10.7. The van der Waals surface area contributed by atoms with Crippen molar-refractivity contribution in [3.05, 3.63) is 30.3 Å². The fraction of sp³-hybridized carbons (Fsp3) is 0.565. The predicted molar refractivity (Wildman–Crippen MR) is 125 cm³/mol. The molecule has 0 unspecified atom stereocenters. The van der Waals surface area contributed by atoms with Crippen molar-refractivity contribution >= 4 is 31.8 Å². The Morgan fingerprint density at radius 2 is 1.52 bits per heavy atom. The molecule has 2 aromatic carbocycles. The summed E-state index contributed by atoms with van der Waals surface area (Å²) in [7, 11) is -5.73. The molecular weight excluding hydrogens is 477 g/mol. The van der Waals surface area contributed by atoms with E-state index in [1.54, 1.807) is 0 Å². The van der Waals surface area contributed by atoms with Crippen LogP contribution in [0.2, 0.25) is 0 Å². The summed E-state index contributed by atoms with van der Waals surface area (Å²) in [5, 5.41) is 2.47. The predicted octanol–water partition coefficient (Wildman–Crippen LogP) is 6.02. The van der Waals surface area contributed by atoms with Gasteiger partial charge in [-0.2, -0.15) is 13.2 Å². The molecule has 33 heavy (non-hydrogen) atoms. The Bertz CT molecular complexity index is 987. The number of alkyl halides is 3. The summed E-state index contributed by atoms with van der Waals surface area (Å²) in [5.74, 6) is 4.73. The van der Waals surface area contributed by atoms with E-state index in [1.165, 1.54) is 40.0 Å². The van der Waals surface area contributed by atoms with Crippen LogP contribution in [0.4, 0.5) is 13.2 Å². The largest absolute Gasteiger partial charge is 0.741 e. The number of fused-ring (bicyclic) bond motifs is 1. The lowest BCUT2D eigenvalue weighted by molar-refractivity contribution is -0.0517. The van der Waals surface area contributed by atoms with Crippen LogP contribution in [-0.2, 0) is 21.0 Å². The SMILES string of the molecule is CCCCOc1ccc2ccc([S+]3CCCC3)c(OCCCC)c2c1.O=S(=O)([O-])C(F)(F)F. The van der Waals surface area contributed by atoms with E-state index in [1.807, 2.05) is 0 Å². The molecule has 2 aromatic rings. The molecular formula is C23H31F3O5S2. The van der Waals surface area contributed by atoms with E-state index < -0.39 is 15.6 Å². The van der Waals surface area contributed by atoms with E-state index in [0.29, 0.717) is 10.9 Å². The number of rotatable bonds is 9. The molecule has 0 bridgehead atoms. The molecule has 186 valence electrons. The minimum atomic E-state index is -6.09. The van der Waals surface area contributed by atoms with Crippen LogP contribution in [0.15, 0.2) is 35.2 Å². The van der Waals surface area contributed by atoms with E-state index in [9.17, 15) is 13.2 Å². The molecule has 5 nitrogen and oxygen atoms in total. The van der Waals surface area contributed by atoms with Crippen molar-refractivity contribution in [3.8, 4) is 11.5 Å². The third kappa shape index (κ3) is 8.26. The van der Waals surface area contributed by atoms with Crippen LogP contribution in [0, 0.1) is 0 Å². The van der Waals surface area contributed by atoms with Gasteiger partial charge in [-0.05, 0) is 55.3 Å². The highest BCUT2D eigenvalue weighted by Crippen LogP contribution is 2.38. The first kappa shape index (κ1) is 27.6. The molecule has 0 aromatic heterocycles. The third-order valence-electron chi connectivity index (χ3n) is 5.04. The summed E-state index contributed by atoms with van der Waals surface area (Å²) in [6, 6.07) is 11.0. The normalized spacial score (nSPS) is 14.7. The van der Waals surface area contributed by atoms with Gasteiger partial charge in [0.05, 0.1) is 13.2 Å². The number of unbranched alkanes of at least 4 members (excludes halogenated alkanes) is 2. The fourth-order valence-corrected chi connectivity index (χ4v) is 5.69. The van der Waals surface area contributed by atoms with Crippen LogP contribution in [0.5, 0.6) is 11.5 Å². The summed E-state index contributed by atoms with van der Waals surface area (Å²) in [6.07, 6.45) is 7.24. The van der Waals surface area contributed by atoms with Gasteiger partial charge < -0.3 is 14.0 Å². The first-order chi connectivity index (χ1) is 15.6. The number of hydrogen-bond donors (Lipinski definition) is 0. The molecule has 0 saturated carbocycles. The second-order valence-electron chi connectivity index (χ2n) is 7.69. The fourth-order valence-electron chi connectivity index (χ4n) is 3.24. The van der Waals surface area contributed by atoms with Gasteiger partial charge in [0.15, 0.2) is 20.8 Å². The Hall–Kier alpha value is -1.65. The highest BCUT2D eigenvalue weighted by atomic mass is 32.2. The maximum Gasteiger partial charge on any atom is 0.485 e. The average Bonchev–Trinajstić information content (AvgIpc) is 3.28. The van der Waals surface area contributed by atoms with Gasteiger partial charge in [0.2, 0.25) is 0 Å². The van der Waals surface area contributed by atoms with Gasteiger partial charge in [-0.15, -0.1) is 0 Å². The number of hydrogen-bond acceptors (Lipinski definition) is 5. The van der Waals surface area contributed by atoms with Gasteiger partial charge in [0.1, 0.15) is 17.3 Å². The van der Waals surface area contributed by atoms with E-state index >= 15 is 0 Å². The Balaban J connectivity index is 0.000000414. The maximum atomic E-state index is 10.7. The topological polar surface area (TPSA) is 75.7 Å². The Morgan fingerprint density at radius 3 is 2.06 bits per heavy atom. The smallest absolute Gasteiger partial charge is 0.485 e. The summed E-state index contributed by atoms with van der Waals surface area (Å²) < 4.78 is 71.2. The number of halogens is 3.